The summed E-state index contributed by atoms with van der Waals surface area (Å²) in [6.45, 7) is 4.17. The van der Waals surface area contributed by atoms with E-state index in [-0.39, 0.29) is 12.6 Å². The van der Waals surface area contributed by atoms with Gasteiger partial charge in [0.2, 0.25) is 6.79 Å². The zero-order valence-corrected chi connectivity index (χ0v) is 12.9. The van der Waals surface area contributed by atoms with Crippen molar-refractivity contribution in [3.63, 3.8) is 0 Å². The number of hydrogen-bond donors (Lipinski definition) is 0. The highest BCUT2D eigenvalue weighted by Gasteiger charge is 2.15. The quantitative estimate of drug-likeness (QED) is 0.848. The van der Waals surface area contributed by atoms with E-state index in [9.17, 15) is 4.39 Å². The summed E-state index contributed by atoms with van der Waals surface area (Å²) >= 11 is 0. The Hall–Kier alpha value is -2.58. The summed E-state index contributed by atoms with van der Waals surface area (Å²) in [5.74, 6) is 1.22. The van der Waals surface area contributed by atoms with Gasteiger partial charge in [0.25, 0.3) is 0 Å². The summed E-state index contributed by atoms with van der Waals surface area (Å²) in [5, 5.41) is 8.96. The summed E-state index contributed by atoms with van der Waals surface area (Å²) < 4.78 is 24.6. The first-order valence-electron chi connectivity index (χ1n) is 7.49. The van der Waals surface area contributed by atoms with Crippen LogP contribution in [0, 0.1) is 17.1 Å². The van der Waals surface area contributed by atoms with Gasteiger partial charge in [-0.25, -0.2) is 4.39 Å². The number of hydrogen-bond acceptors (Lipinski definition) is 4. The molecule has 2 aromatic carbocycles. The molecule has 0 amide bonds. The third kappa shape index (κ3) is 3.43. The van der Waals surface area contributed by atoms with Crippen LogP contribution in [0.3, 0.4) is 0 Å². The Kier molecular flexibility index (Phi) is 4.45. The summed E-state index contributed by atoms with van der Waals surface area (Å²) in [5.41, 5.74) is 2.08. The van der Waals surface area contributed by atoms with Gasteiger partial charge in [0, 0.05) is 18.7 Å². The fourth-order valence-corrected chi connectivity index (χ4v) is 2.58. The second-order valence-electron chi connectivity index (χ2n) is 5.41. The summed E-state index contributed by atoms with van der Waals surface area (Å²) in [6, 6.07) is 12.3. The molecule has 1 heterocycles. The van der Waals surface area contributed by atoms with Crippen molar-refractivity contribution in [3.05, 3.63) is 58.9 Å². The van der Waals surface area contributed by atoms with Gasteiger partial charge in [-0.3, -0.25) is 4.90 Å². The van der Waals surface area contributed by atoms with Crippen molar-refractivity contribution in [2.24, 2.45) is 0 Å². The van der Waals surface area contributed by atoms with E-state index in [4.69, 9.17) is 14.7 Å². The third-order valence-corrected chi connectivity index (χ3v) is 3.86. The molecule has 0 saturated carbocycles. The van der Waals surface area contributed by atoms with E-state index < -0.39 is 0 Å². The van der Waals surface area contributed by atoms with Crippen LogP contribution in [-0.4, -0.2) is 18.2 Å². The fraction of sp³-hybridized carbons (Fsp3) is 0.278. The maximum absolute atomic E-state index is 13.9. The molecule has 0 spiro atoms. The normalized spacial score (nSPS) is 12.4. The van der Waals surface area contributed by atoms with E-state index >= 15 is 0 Å². The number of nitriles is 1. The van der Waals surface area contributed by atoms with Crippen LogP contribution in [0.15, 0.2) is 36.4 Å². The summed E-state index contributed by atoms with van der Waals surface area (Å²) in [7, 11) is 0. The fourth-order valence-electron chi connectivity index (χ4n) is 2.58. The first kappa shape index (κ1) is 15.3. The number of rotatable bonds is 5. The lowest BCUT2D eigenvalue weighted by atomic mass is 10.1. The second kappa shape index (κ2) is 6.67. The lowest BCUT2D eigenvalue weighted by Gasteiger charge is -2.21. The Morgan fingerprint density at radius 3 is 2.74 bits per heavy atom. The van der Waals surface area contributed by atoms with Gasteiger partial charge in [0.05, 0.1) is 11.6 Å². The molecule has 3 rings (SSSR count). The van der Waals surface area contributed by atoms with Crippen molar-refractivity contribution >= 4 is 0 Å². The topological polar surface area (TPSA) is 45.5 Å². The van der Waals surface area contributed by atoms with Crippen molar-refractivity contribution in [2.75, 3.05) is 13.3 Å². The van der Waals surface area contributed by atoms with Crippen molar-refractivity contribution in [1.29, 1.82) is 5.26 Å². The number of benzene rings is 2. The lowest BCUT2D eigenvalue weighted by molar-refractivity contribution is 0.174. The van der Waals surface area contributed by atoms with Gasteiger partial charge in [0.15, 0.2) is 11.5 Å². The Morgan fingerprint density at radius 1 is 1.13 bits per heavy atom. The van der Waals surface area contributed by atoms with Crippen LogP contribution in [-0.2, 0) is 13.1 Å². The van der Waals surface area contributed by atoms with Crippen molar-refractivity contribution < 1.29 is 13.9 Å². The molecule has 23 heavy (non-hydrogen) atoms. The molecule has 1 aliphatic rings. The van der Waals surface area contributed by atoms with E-state index in [1.165, 1.54) is 12.1 Å². The van der Waals surface area contributed by atoms with E-state index in [1.807, 2.05) is 31.2 Å². The molecular weight excluding hydrogens is 295 g/mol. The first-order valence-corrected chi connectivity index (χ1v) is 7.49. The molecule has 0 saturated heterocycles. The monoisotopic (exact) mass is 312 g/mol. The highest BCUT2D eigenvalue weighted by atomic mass is 19.1. The SMILES string of the molecule is CCN(Cc1ccc2c(c1)OCO2)Cc1cc(C#N)ccc1F. The molecule has 2 aromatic rings. The number of nitrogens with zero attached hydrogens (tertiary/aromatic N) is 2. The van der Waals surface area contributed by atoms with E-state index in [0.717, 1.165) is 23.6 Å². The largest absolute Gasteiger partial charge is 0.454 e. The molecule has 0 bridgehead atoms. The number of halogens is 1. The van der Waals surface area contributed by atoms with Gasteiger partial charge in [-0.15, -0.1) is 0 Å². The molecule has 0 aromatic heterocycles. The van der Waals surface area contributed by atoms with Gasteiger partial charge < -0.3 is 9.47 Å². The predicted molar refractivity (Wildman–Crippen MR) is 83.5 cm³/mol. The van der Waals surface area contributed by atoms with Crippen LogP contribution in [0.2, 0.25) is 0 Å². The number of fused-ring (bicyclic) bond motifs is 1. The Labute approximate surface area is 134 Å². The Balaban J connectivity index is 1.74. The Morgan fingerprint density at radius 2 is 1.96 bits per heavy atom. The van der Waals surface area contributed by atoms with Gasteiger partial charge in [0.1, 0.15) is 5.82 Å². The standard InChI is InChI=1S/C18H17FN2O2/c1-2-21(11-15-7-13(9-20)3-5-16(15)19)10-14-4-6-17-18(8-14)23-12-22-17/h3-8H,2,10-12H2,1H3. The van der Waals surface area contributed by atoms with E-state index in [1.54, 1.807) is 6.07 Å². The smallest absolute Gasteiger partial charge is 0.231 e. The van der Waals surface area contributed by atoms with Crippen molar-refractivity contribution in [3.8, 4) is 17.6 Å². The first-order chi connectivity index (χ1) is 11.2. The van der Waals surface area contributed by atoms with Gasteiger partial charge in [-0.05, 0) is 42.4 Å². The van der Waals surface area contributed by atoms with E-state index in [0.29, 0.717) is 24.2 Å². The second-order valence-corrected chi connectivity index (χ2v) is 5.41. The van der Waals surface area contributed by atoms with Crippen LogP contribution in [0.25, 0.3) is 0 Å². The third-order valence-electron chi connectivity index (χ3n) is 3.86. The number of ether oxygens (including phenoxy) is 2. The minimum Gasteiger partial charge on any atom is -0.454 e. The minimum absolute atomic E-state index is 0.252. The average Bonchev–Trinajstić information content (AvgIpc) is 3.03. The van der Waals surface area contributed by atoms with Crippen molar-refractivity contribution in [2.45, 2.75) is 20.0 Å². The van der Waals surface area contributed by atoms with Crippen LogP contribution in [0.4, 0.5) is 4.39 Å². The highest BCUT2D eigenvalue weighted by molar-refractivity contribution is 5.44. The summed E-state index contributed by atoms with van der Waals surface area (Å²) in [4.78, 5) is 2.11. The van der Waals surface area contributed by atoms with Crippen LogP contribution in [0.5, 0.6) is 11.5 Å². The molecule has 0 atom stereocenters. The molecule has 0 fully saturated rings. The molecule has 0 N–H and O–H groups in total. The molecule has 0 radical (unpaired) electrons. The molecular formula is C18H17FN2O2. The zero-order chi connectivity index (χ0) is 16.2. The zero-order valence-electron chi connectivity index (χ0n) is 12.9. The van der Waals surface area contributed by atoms with Crippen LogP contribution in [0.1, 0.15) is 23.6 Å². The molecule has 0 aliphatic carbocycles. The van der Waals surface area contributed by atoms with Crippen molar-refractivity contribution in [1.82, 2.24) is 4.90 Å². The predicted octanol–water partition coefficient (Wildman–Crippen LogP) is 3.45. The Bertz CT molecular complexity index is 755. The van der Waals surface area contributed by atoms with Gasteiger partial charge in [-0.2, -0.15) is 5.26 Å². The molecule has 118 valence electrons. The van der Waals surface area contributed by atoms with E-state index in [2.05, 4.69) is 4.90 Å². The molecule has 1 aliphatic heterocycles. The van der Waals surface area contributed by atoms with Gasteiger partial charge >= 0.3 is 0 Å². The minimum atomic E-state index is -0.284. The van der Waals surface area contributed by atoms with Gasteiger partial charge in [-0.1, -0.05) is 13.0 Å². The molecule has 0 unspecified atom stereocenters. The van der Waals surface area contributed by atoms with Crippen LogP contribution < -0.4 is 9.47 Å². The lowest BCUT2D eigenvalue weighted by Crippen LogP contribution is -2.23. The maximum atomic E-state index is 13.9. The molecule has 4 nitrogen and oxygen atoms in total. The average molecular weight is 312 g/mol. The summed E-state index contributed by atoms with van der Waals surface area (Å²) in [6.07, 6.45) is 0. The molecule has 5 heteroatoms. The highest BCUT2D eigenvalue weighted by Crippen LogP contribution is 2.32. The maximum Gasteiger partial charge on any atom is 0.231 e. The van der Waals surface area contributed by atoms with Crippen LogP contribution >= 0.6 is 0 Å².